The van der Waals surface area contributed by atoms with E-state index in [-0.39, 0.29) is 5.69 Å². The second kappa shape index (κ2) is 4.54. The van der Waals surface area contributed by atoms with Gasteiger partial charge < -0.3 is 5.11 Å². The van der Waals surface area contributed by atoms with E-state index in [0.717, 1.165) is 0 Å². The molecule has 0 aliphatic rings. The summed E-state index contributed by atoms with van der Waals surface area (Å²) < 4.78 is 6.34. The van der Waals surface area contributed by atoms with Crippen LogP contribution in [0.3, 0.4) is 0 Å². The molecule has 88 valence electrons. The van der Waals surface area contributed by atoms with Crippen LogP contribution in [0.15, 0.2) is 43.0 Å². The molecule has 1 heterocycles. The number of para-hydroxylation sites is 1. The van der Waals surface area contributed by atoms with Crippen molar-refractivity contribution in [3.63, 3.8) is 0 Å². The van der Waals surface area contributed by atoms with E-state index in [2.05, 4.69) is 30.7 Å². The molecule has 1 aromatic carbocycles. The Kier molecular flexibility index (Phi) is 3.10. The Morgan fingerprint density at radius 2 is 2.24 bits per heavy atom. The van der Waals surface area contributed by atoms with Gasteiger partial charge in [-0.2, -0.15) is 0 Å². The summed E-state index contributed by atoms with van der Waals surface area (Å²) in [6.07, 6.45) is 0. The van der Waals surface area contributed by atoms with Crippen LogP contribution in [-0.2, 0) is 7.05 Å². The largest absolute Gasteiger partial charge is 0.854 e. The van der Waals surface area contributed by atoms with Crippen molar-refractivity contribution in [1.29, 1.82) is 0 Å². The van der Waals surface area contributed by atoms with Gasteiger partial charge in [-0.1, -0.05) is 16.8 Å². The molecule has 1 aromatic heterocycles. The molecule has 0 aliphatic carbocycles. The van der Waals surface area contributed by atoms with Gasteiger partial charge in [-0.3, -0.25) is 9.52 Å². The second-order valence-electron chi connectivity index (χ2n) is 3.26. The number of aryl methyl sites for hydroxylation is 1. The quantitative estimate of drug-likeness (QED) is 0.481. The summed E-state index contributed by atoms with van der Waals surface area (Å²) in [5, 5.41) is 14.0. The Labute approximate surface area is 104 Å². The van der Waals surface area contributed by atoms with Gasteiger partial charge in [0.1, 0.15) is 0 Å². The number of nitrogens with one attached hydrogen (secondary N) is 1. The number of aromatic nitrogens is 2. The van der Waals surface area contributed by atoms with Gasteiger partial charge in [-0.15, -0.1) is 0 Å². The molecule has 0 fully saturated rings. The number of halogens is 1. The molecule has 0 amide bonds. The lowest BCUT2D eigenvalue weighted by atomic mass is 10.3. The summed E-state index contributed by atoms with van der Waals surface area (Å²) in [7, 11) is 1.49. The molecule has 1 N–H and O–H groups in total. The van der Waals surface area contributed by atoms with Crippen molar-refractivity contribution < 1.29 is 14.3 Å². The minimum absolute atomic E-state index is 0.152. The molecule has 7 heteroatoms. The standard InChI is InChI=1S/C10H8BrN3O3/c1-14-8(10(16)17-13-14)9(15)12-7-5-3-2-4-6(7)11/h2-5H,1H3,(H-,12,13,15,16). The van der Waals surface area contributed by atoms with Gasteiger partial charge in [0.25, 0.3) is 0 Å². The van der Waals surface area contributed by atoms with Crippen LogP contribution in [0, 0.1) is 0 Å². The minimum Gasteiger partial charge on any atom is -0.854 e. The number of benzene rings is 1. The molecule has 0 aliphatic heterocycles. The smallest absolute Gasteiger partial charge is 0.435 e. The van der Waals surface area contributed by atoms with Crippen LogP contribution in [-0.4, -0.2) is 11.2 Å². The molecule has 0 atom stereocenters. The average Bonchev–Trinajstić information content (AvgIpc) is 2.62. The predicted molar refractivity (Wildman–Crippen MR) is 60.8 cm³/mol. The van der Waals surface area contributed by atoms with Crippen molar-refractivity contribution in [2.24, 2.45) is 12.0 Å². The van der Waals surface area contributed by atoms with Crippen LogP contribution in [0.2, 0.25) is 0 Å². The topological polar surface area (TPSA) is 85.3 Å². The van der Waals surface area contributed by atoms with Gasteiger partial charge in [0.15, 0.2) is 7.05 Å². The van der Waals surface area contributed by atoms with Crippen molar-refractivity contribution in [3.8, 4) is 0 Å². The molecule has 0 saturated heterocycles. The number of aromatic amines is 1. The van der Waals surface area contributed by atoms with Gasteiger partial charge >= 0.3 is 11.3 Å². The molecule has 0 bridgehead atoms. The highest BCUT2D eigenvalue weighted by atomic mass is 79.9. The maximum Gasteiger partial charge on any atom is 0.435 e. The fourth-order valence-corrected chi connectivity index (χ4v) is 1.65. The maximum absolute atomic E-state index is 11.8. The number of nitrogens with zero attached hydrogens (tertiary/aromatic N) is 2. The molecule has 0 radical (unpaired) electrons. The molecule has 0 spiro atoms. The Balaban J connectivity index is 2.49. The van der Waals surface area contributed by atoms with E-state index < -0.39 is 11.5 Å². The zero-order chi connectivity index (χ0) is 12.4. The SMILES string of the molecule is C[n+]1[nH]oc(=O)c1C([O-])=Nc1ccccc1Br. The van der Waals surface area contributed by atoms with Crippen LogP contribution in [0.25, 0.3) is 0 Å². The van der Waals surface area contributed by atoms with E-state index in [1.165, 1.54) is 11.7 Å². The fraction of sp³-hybridized carbons (Fsp3) is 0.100. The lowest BCUT2D eigenvalue weighted by molar-refractivity contribution is -0.742. The first-order valence-electron chi connectivity index (χ1n) is 4.67. The van der Waals surface area contributed by atoms with E-state index in [1.807, 2.05) is 0 Å². The first kappa shape index (κ1) is 11.6. The van der Waals surface area contributed by atoms with Crippen LogP contribution >= 0.6 is 15.9 Å². The van der Waals surface area contributed by atoms with E-state index in [9.17, 15) is 9.90 Å². The molecule has 0 saturated carbocycles. The van der Waals surface area contributed by atoms with Crippen molar-refractivity contribution in [2.45, 2.75) is 0 Å². The number of H-pyrrole nitrogens is 1. The summed E-state index contributed by atoms with van der Waals surface area (Å²) in [6.45, 7) is 0. The zero-order valence-electron chi connectivity index (χ0n) is 8.81. The molecule has 17 heavy (non-hydrogen) atoms. The van der Waals surface area contributed by atoms with Gasteiger partial charge in [0.2, 0.25) is 0 Å². The minimum atomic E-state index is -0.742. The van der Waals surface area contributed by atoms with Crippen LogP contribution in [0.4, 0.5) is 5.69 Å². The van der Waals surface area contributed by atoms with Crippen LogP contribution < -0.4 is 15.4 Å². The van der Waals surface area contributed by atoms with Gasteiger partial charge in [0.05, 0.1) is 11.6 Å². The number of hydrogen-bond donors (Lipinski definition) is 1. The van der Waals surface area contributed by atoms with Crippen molar-refractivity contribution >= 4 is 27.5 Å². The normalized spacial score (nSPS) is 11.8. The number of aliphatic imine (C=N–C) groups is 1. The monoisotopic (exact) mass is 297 g/mol. The molecular formula is C10H8BrN3O3. The van der Waals surface area contributed by atoms with Crippen molar-refractivity contribution in [1.82, 2.24) is 5.27 Å². The highest BCUT2D eigenvalue weighted by Gasteiger charge is 2.17. The van der Waals surface area contributed by atoms with Gasteiger partial charge in [-0.25, -0.2) is 4.79 Å². The maximum atomic E-state index is 11.8. The van der Waals surface area contributed by atoms with Crippen LogP contribution in [0.1, 0.15) is 5.69 Å². The summed E-state index contributed by atoms with van der Waals surface area (Å²) in [5.74, 6) is -0.658. The first-order chi connectivity index (χ1) is 8.09. The summed E-state index contributed by atoms with van der Waals surface area (Å²) in [4.78, 5) is 15.1. The van der Waals surface area contributed by atoms with Gasteiger partial charge in [-0.05, 0) is 33.3 Å². The van der Waals surface area contributed by atoms with E-state index >= 15 is 0 Å². The Bertz CT molecular complexity index is 630. The van der Waals surface area contributed by atoms with E-state index in [4.69, 9.17) is 0 Å². The Morgan fingerprint density at radius 1 is 1.53 bits per heavy atom. The summed E-state index contributed by atoms with van der Waals surface area (Å²) >= 11 is 3.26. The predicted octanol–water partition coefficient (Wildman–Crippen LogP) is -0.00650. The molecule has 0 unspecified atom stereocenters. The summed E-state index contributed by atoms with van der Waals surface area (Å²) in [5.41, 5.74) is -0.438. The molecular weight excluding hydrogens is 290 g/mol. The third kappa shape index (κ3) is 2.28. The lowest BCUT2D eigenvalue weighted by Gasteiger charge is -2.04. The Morgan fingerprint density at radius 3 is 2.82 bits per heavy atom. The third-order valence-corrected chi connectivity index (χ3v) is 2.75. The summed E-state index contributed by atoms with van der Waals surface area (Å²) in [6, 6.07) is 6.97. The zero-order valence-corrected chi connectivity index (χ0v) is 10.4. The highest BCUT2D eigenvalue weighted by molar-refractivity contribution is 9.10. The molecule has 2 rings (SSSR count). The number of hydrogen-bond acceptors (Lipinski definition) is 4. The first-order valence-corrected chi connectivity index (χ1v) is 5.47. The van der Waals surface area contributed by atoms with E-state index in [1.54, 1.807) is 24.3 Å². The Hall–Kier alpha value is -1.89. The molecule has 2 aromatic rings. The van der Waals surface area contributed by atoms with Crippen LogP contribution in [0.5, 0.6) is 0 Å². The number of rotatable bonds is 2. The van der Waals surface area contributed by atoms with E-state index in [0.29, 0.717) is 10.2 Å². The van der Waals surface area contributed by atoms with Crippen molar-refractivity contribution in [2.75, 3.05) is 0 Å². The lowest BCUT2D eigenvalue weighted by Crippen LogP contribution is -2.43. The second-order valence-corrected chi connectivity index (χ2v) is 4.11. The van der Waals surface area contributed by atoms with Gasteiger partial charge in [0, 0.05) is 4.47 Å². The average molecular weight is 298 g/mol. The fourth-order valence-electron chi connectivity index (χ4n) is 1.28. The molecule has 6 nitrogen and oxygen atoms in total. The highest BCUT2D eigenvalue weighted by Crippen LogP contribution is 2.24. The third-order valence-electron chi connectivity index (χ3n) is 2.08. The van der Waals surface area contributed by atoms with Crippen molar-refractivity contribution in [3.05, 3.63) is 44.9 Å².